The van der Waals surface area contributed by atoms with Crippen LogP contribution in [0.15, 0.2) is 48.8 Å². The van der Waals surface area contributed by atoms with Gasteiger partial charge >= 0.3 is 5.97 Å². The number of carboxylic acids is 1. The number of carboxylic acid groups (broad SMARTS) is 1. The van der Waals surface area contributed by atoms with Gasteiger partial charge < -0.3 is 5.11 Å². The second-order valence-corrected chi connectivity index (χ2v) is 4.72. The fourth-order valence-electron chi connectivity index (χ4n) is 2.03. The van der Waals surface area contributed by atoms with Crippen molar-refractivity contribution >= 4 is 17.6 Å². The minimum absolute atomic E-state index is 0.501. The monoisotopic (exact) mass is 275 g/mol. The number of pyridine rings is 1. The maximum absolute atomic E-state index is 11.4. The van der Waals surface area contributed by atoms with Crippen LogP contribution in [-0.4, -0.2) is 16.1 Å². The van der Waals surface area contributed by atoms with Crippen LogP contribution in [0.5, 0.6) is 0 Å². The number of nitrogens with zero attached hydrogens (tertiary/aromatic N) is 1. The van der Waals surface area contributed by atoms with Gasteiger partial charge in [0.1, 0.15) is 0 Å². The van der Waals surface area contributed by atoms with Gasteiger partial charge in [0, 0.05) is 17.4 Å². The molecule has 0 radical (unpaired) electrons. The fraction of sp³-hybridized carbons (Fsp3) is 0.200. The normalized spacial score (nSPS) is 12.1. The molecule has 1 N–H and O–H groups in total. The van der Waals surface area contributed by atoms with E-state index in [0.717, 1.165) is 5.56 Å². The first-order valence-electron chi connectivity index (χ1n) is 6.04. The lowest BCUT2D eigenvalue weighted by Gasteiger charge is -2.14. The van der Waals surface area contributed by atoms with Gasteiger partial charge in [0.2, 0.25) is 0 Å². The first-order chi connectivity index (χ1) is 9.18. The minimum atomic E-state index is -0.850. The highest BCUT2D eigenvalue weighted by Crippen LogP contribution is 2.28. The molecule has 1 unspecified atom stereocenters. The van der Waals surface area contributed by atoms with Crippen molar-refractivity contribution in [3.8, 4) is 0 Å². The van der Waals surface area contributed by atoms with Gasteiger partial charge in [-0.3, -0.25) is 9.78 Å². The maximum atomic E-state index is 11.4. The van der Waals surface area contributed by atoms with Crippen molar-refractivity contribution in [2.75, 3.05) is 0 Å². The summed E-state index contributed by atoms with van der Waals surface area (Å²) in [5.74, 6) is -1.44. The van der Waals surface area contributed by atoms with E-state index in [0.29, 0.717) is 23.4 Å². The number of aromatic nitrogens is 1. The summed E-state index contributed by atoms with van der Waals surface area (Å²) in [6.45, 7) is 0. The maximum Gasteiger partial charge on any atom is 0.311 e. The van der Waals surface area contributed by atoms with Crippen LogP contribution in [0, 0.1) is 0 Å². The van der Waals surface area contributed by atoms with Crippen LogP contribution in [0.2, 0.25) is 5.02 Å². The molecule has 0 aliphatic heterocycles. The van der Waals surface area contributed by atoms with Crippen molar-refractivity contribution < 1.29 is 9.90 Å². The number of rotatable bonds is 5. The Morgan fingerprint density at radius 1 is 1.26 bits per heavy atom. The van der Waals surface area contributed by atoms with E-state index in [2.05, 4.69) is 4.98 Å². The number of hydrogen-bond donors (Lipinski definition) is 1. The summed E-state index contributed by atoms with van der Waals surface area (Å²) >= 11 is 6.07. The first-order valence-corrected chi connectivity index (χ1v) is 6.42. The van der Waals surface area contributed by atoms with E-state index in [-0.39, 0.29) is 0 Å². The summed E-state index contributed by atoms with van der Waals surface area (Å²) in [5.41, 5.74) is 1.70. The summed E-state index contributed by atoms with van der Waals surface area (Å²) in [4.78, 5) is 15.4. The van der Waals surface area contributed by atoms with E-state index >= 15 is 0 Å². The summed E-state index contributed by atoms with van der Waals surface area (Å²) in [5, 5.41) is 9.86. The quantitative estimate of drug-likeness (QED) is 0.908. The number of hydrogen-bond acceptors (Lipinski definition) is 2. The van der Waals surface area contributed by atoms with Crippen molar-refractivity contribution in [3.63, 3.8) is 0 Å². The molecule has 0 spiro atoms. The van der Waals surface area contributed by atoms with Gasteiger partial charge in [-0.15, -0.1) is 0 Å². The van der Waals surface area contributed by atoms with Gasteiger partial charge in [-0.2, -0.15) is 0 Å². The summed E-state index contributed by atoms with van der Waals surface area (Å²) < 4.78 is 0. The van der Waals surface area contributed by atoms with E-state index in [4.69, 9.17) is 11.6 Å². The molecule has 1 aromatic carbocycles. The number of benzene rings is 1. The second-order valence-electron chi connectivity index (χ2n) is 4.31. The molecular formula is C15H14ClNO2. The Morgan fingerprint density at radius 2 is 2.05 bits per heavy atom. The van der Waals surface area contributed by atoms with E-state index in [1.165, 1.54) is 0 Å². The SMILES string of the molecule is O=C(O)C(CCc1cccnc1)c1ccccc1Cl. The fourth-order valence-corrected chi connectivity index (χ4v) is 2.29. The van der Waals surface area contributed by atoms with Crippen LogP contribution >= 0.6 is 11.6 Å². The van der Waals surface area contributed by atoms with Crippen LogP contribution in [0.4, 0.5) is 0 Å². The molecule has 98 valence electrons. The molecule has 1 heterocycles. The Balaban J connectivity index is 2.14. The largest absolute Gasteiger partial charge is 0.481 e. The summed E-state index contributed by atoms with van der Waals surface area (Å²) in [7, 11) is 0. The lowest BCUT2D eigenvalue weighted by molar-refractivity contribution is -0.138. The van der Waals surface area contributed by atoms with Crippen LogP contribution in [0.25, 0.3) is 0 Å². The summed E-state index contributed by atoms with van der Waals surface area (Å²) in [6.07, 6.45) is 4.62. The predicted octanol–water partition coefficient (Wildman–Crippen LogP) is 3.54. The number of carbonyl (C=O) groups is 1. The van der Waals surface area contributed by atoms with E-state index in [1.807, 2.05) is 12.1 Å². The van der Waals surface area contributed by atoms with Crippen LogP contribution in [0.1, 0.15) is 23.5 Å². The van der Waals surface area contributed by atoms with Gasteiger partial charge in [0.15, 0.2) is 0 Å². The molecule has 1 atom stereocenters. The number of aliphatic carboxylic acids is 1. The molecule has 3 nitrogen and oxygen atoms in total. The van der Waals surface area contributed by atoms with Crippen molar-refractivity contribution in [1.29, 1.82) is 0 Å². The Morgan fingerprint density at radius 3 is 2.68 bits per heavy atom. The summed E-state index contributed by atoms with van der Waals surface area (Å²) in [6, 6.07) is 10.9. The molecule has 0 saturated heterocycles. The first kappa shape index (κ1) is 13.6. The lowest BCUT2D eigenvalue weighted by Crippen LogP contribution is -2.13. The third-order valence-electron chi connectivity index (χ3n) is 3.02. The molecule has 0 bridgehead atoms. The Hall–Kier alpha value is -1.87. The average molecular weight is 276 g/mol. The van der Waals surface area contributed by atoms with Gasteiger partial charge in [-0.05, 0) is 36.1 Å². The predicted molar refractivity (Wildman–Crippen MR) is 74.4 cm³/mol. The molecule has 4 heteroatoms. The standard InChI is InChI=1S/C15H14ClNO2/c16-14-6-2-1-5-12(14)13(15(18)19)8-7-11-4-3-9-17-10-11/h1-6,9-10,13H,7-8H2,(H,18,19). The zero-order valence-electron chi connectivity index (χ0n) is 10.3. The number of aryl methyl sites for hydroxylation is 1. The highest BCUT2D eigenvalue weighted by molar-refractivity contribution is 6.31. The smallest absolute Gasteiger partial charge is 0.311 e. The minimum Gasteiger partial charge on any atom is -0.481 e. The molecule has 0 aliphatic rings. The average Bonchev–Trinajstić information content (AvgIpc) is 2.42. The van der Waals surface area contributed by atoms with Crippen molar-refractivity contribution in [2.45, 2.75) is 18.8 Å². The second kappa shape index (κ2) is 6.34. The molecular weight excluding hydrogens is 262 g/mol. The highest BCUT2D eigenvalue weighted by Gasteiger charge is 2.21. The molecule has 1 aromatic heterocycles. The van der Waals surface area contributed by atoms with Gasteiger partial charge in [0.25, 0.3) is 0 Å². The highest BCUT2D eigenvalue weighted by atomic mass is 35.5. The zero-order valence-corrected chi connectivity index (χ0v) is 11.0. The molecule has 0 fully saturated rings. The van der Waals surface area contributed by atoms with Gasteiger partial charge in [-0.25, -0.2) is 0 Å². The molecule has 2 rings (SSSR count). The van der Waals surface area contributed by atoms with Crippen LogP contribution < -0.4 is 0 Å². The topological polar surface area (TPSA) is 50.2 Å². The van der Waals surface area contributed by atoms with Crippen LogP contribution in [0.3, 0.4) is 0 Å². The van der Waals surface area contributed by atoms with Crippen molar-refractivity contribution in [2.24, 2.45) is 0 Å². The third-order valence-corrected chi connectivity index (χ3v) is 3.37. The molecule has 0 aliphatic carbocycles. The molecule has 0 amide bonds. The Labute approximate surface area is 116 Å². The van der Waals surface area contributed by atoms with E-state index in [9.17, 15) is 9.90 Å². The Kier molecular flexibility index (Phi) is 4.53. The molecule has 2 aromatic rings. The van der Waals surface area contributed by atoms with E-state index in [1.54, 1.807) is 36.7 Å². The van der Waals surface area contributed by atoms with Crippen molar-refractivity contribution in [3.05, 3.63) is 64.9 Å². The van der Waals surface area contributed by atoms with Gasteiger partial charge in [0.05, 0.1) is 5.92 Å². The zero-order chi connectivity index (χ0) is 13.7. The van der Waals surface area contributed by atoms with Gasteiger partial charge in [-0.1, -0.05) is 35.9 Å². The van der Waals surface area contributed by atoms with E-state index < -0.39 is 11.9 Å². The third kappa shape index (κ3) is 3.55. The molecule has 0 saturated carbocycles. The Bertz CT molecular complexity index is 557. The van der Waals surface area contributed by atoms with Crippen LogP contribution in [-0.2, 0) is 11.2 Å². The lowest BCUT2D eigenvalue weighted by atomic mass is 9.93. The number of halogens is 1. The molecule has 19 heavy (non-hydrogen) atoms. The van der Waals surface area contributed by atoms with Crippen molar-refractivity contribution in [1.82, 2.24) is 4.98 Å².